The molecule has 1 atom stereocenters. The third-order valence-electron chi connectivity index (χ3n) is 2.13. The third-order valence-corrected chi connectivity index (χ3v) is 2.13. The smallest absolute Gasteiger partial charge is 0.248 e. The van der Waals surface area contributed by atoms with E-state index < -0.39 is 0 Å². The van der Waals surface area contributed by atoms with Crippen LogP contribution in [0, 0.1) is 5.92 Å². The van der Waals surface area contributed by atoms with E-state index in [2.05, 4.69) is 13.0 Å². The molecular weight excluding hydrogens is 150 g/mol. The van der Waals surface area contributed by atoms with Crippen molar-refractivity contribution in [3.8, 4) is 0 Å². The highest BCUT2D eigenvalue weighted by molar-refractivity contribution is 5.94. The van der Waals surface area contributed by atoms with E-state index in [1.54, 1.807) is 0 Å². The van der Waals surface area contributed by atoms with E-state index in [9.17, 15) is 4.79 Å². The second kappa shape index (κ2) is 4.10. The molecule has 1 aliphatic carbocycles. The molecule has 1 rings (SSSR count). The standard InChI is InChI=1S/C10H15NO/c1-2-3-8-4-6-9(7-5-8)10(11)12/h4,6-8H,2-3,5H2,1H3,(H2,11,12). The van der Waals surface area contributed by atoms with Crippen molar-refractivity contribution in [2.45, 2.75) is 26.2 Å². The lowest BCUT2D eigenvalue weighted by Crippen LogP contribution is -2.14. The van der Waals surface area contributed by atoms with Gasteiger partial charge in [-0.1, -0.05) is 31.6 Å². The molecule has 1 amide bonds. The summed E-state index contributed by atoms with van der Waals surface area (Å²) in [6.45, 7) is 2.17. The zero-order valence-corrected chi connectivity index (χ0v) is 7.42. The molecule has 0 aromatic heterocycles. The molecule has 1 unspecified atom stereocenters. The topological polar surface area (TPSA) is 43.1 Å². The van der Waals surface area contributed by atoms with Crippen LogP contribution in [0.25, 0.3) is 0 Å². The number of primary amides is 1. The second-order valence-corrected chi connectivity index (χ2v) is 3.17. The number of nitrogens with two attached hydrogens (primary N) is 1. The van der Waals surface area contributed by atoms with Crippen molar-refractivity contribution in [2.75, 3.05) is 0 Å². The molecule has 0 saturated heterocycles. The number of hydrogen-bond donors (Lipinski definition) is 1. The molecule has 12 heavy (non-hydrogen) atoms. The van der Waals surface area contributed by atoms with Crippen LogP contribution >= 0.6 is 0 Å². The zero-order valence-electron chi connectivity index (χ0n) is 7.42. The summed E-state index contributed by atoms with van der Waals surface area (Å²) in [4.78, 5) is 10.7. The quantitative estimate of drug-likeness (QED) is 0.680. The molecule has 2 nitrogen and oxygen atoms in total. The summed E-state index contributed by atoms with van der Waals surface area (Å²) in [5.74, 6) is 0.291. The van der Waals surface area contributed by atoms with Gasteiger partial charge in [0.15, 0.2) is 0 Å². The molecule has 0 aromatic carbocycles. The SMILES string of the molecule is CCCC1C=CC(C(N)=O)=CC1. The van der Waals surface area contributed by atoms with Crippen molar-refractivity contribution in [1.82, 2.24) is 0 Å². The first-order valence-electron chi connectivity index (χ1n) is 4.42. The normalized spacial score (nSPS) is 22.1. The van der Waals surface area contributed by atoms with Gasteiger partial charge in [-0.05, 0) is 18.8 Å². The van der Waals surface area contributed by atoms with Crippen molar-refractivity contribution in [3.63, 3.8) is 0 Å². The van der Waals surface area contributed by atoms with Crippen LogP contribution in [0.3, 0.4) is 0 Å². The van der Waals surface area contributed by atoms with Crippen molar-refractivity contribution < 1.29 is 4.79 Å². The van der Waals surface area contributed by atoms with Crippen LogP contribution in [0.15, 0.2) is 23.8 Å². The Balaban J connectivity index is 2.49. The summed E-state index contributed by atoms with van der Waals surface area (Å²) in [5, 5.41) is 0. The van der Waals surface area contributed by atoms with Crippen molar-refractivity contribution >= 4 is 5.91 Å². The summed E-state index contributed by atoms with van der Waals surface area (Å²) in [7, 11) is 0. The molecule has 0 heterocycles. The minimum atomic E-state index is -0.318. The van der Waals surface area contributed by atoms with E-state index in [-0.39, 0.29) is 5.91 Å². The van der Waals surface area contributed by atoms with Gasteiger partial charge in [-0.3, -0.25) is 4.79 Å². The van der Waals surface area contributed by atoms with Gasteiger partial charge in [-0.15, -0.1) is 0 Å². The molecule has 0 radical (unpaired) electrons. The number of rotatable bonds is 3. The van der Waals surface area contributed by atoms with Crippen molar-refractivity contribution in [2.24, 2.45) is 11.7 Å². The van der Waals surface area contributed by atoms with Gasteiger partial charge in [-0.25, -0.2) is 0 Å². The van der Waals surface area contributed by atoms with Crippen molar-refractivity contribution in [1.29, 1.82) is 0 Å². The predicted molar refractivity (Wildman–Crippen MR) is 49.4 cm³/mol. The summed E-state index contributed by atoms with van der Waals surface area (Å²) in [6, 6.07) is 0. The minimum Gasteiger partial charge on any atom is -0.366 e. The van der Waals surface area contributed by atoms with Crippen LogP contribution in [0.2, 0.25) is 0 Å². The highest BCUT2D eigenvalue weighted by atomic mass is 16.1. The first kappa shape index (κ1) is 9.04. The molecule has 2 N–H and O–H groups in total. The summed E-state index contributed by atoms with van der Waals surface area (Å²) in [6.07, 6.45) is 9.20. The maximum absolute atomic E-state index is 10.7. The Morgan fingerprint density at radius 1 is 1.75 bits per heavy atom. The molecule has 0 bridgehead atoms. The van der Waals surface area contributed by atoms with E-state index in [1.807, 2.05) is 12.2 Å². The number of hydrogen-bond acceptors (Lipinski definition) is 1. The minimum absolute atomic E-state index is 0.318. The highest BCUT2D eigenvalue weighted by Crippen LogP contribution is 2.20. The Labute approximate surface area is 73.1 Å². The molecule has 66 valence electrons. The van der Waals surface area contributed by atoms with Gasteiger partial charge >= 0.3 is 0 Å². The summed E-state index contributed by atoms with van der Waals surface area (Å²) in [5.41, 5.74) is 5.78. The molecule has 2 heteroatoms. The maximum atomic E-state index is 10.7. The van der Waals surface area contributed by atoms with E-state index in [4.69, 9.17) is 5.73 Å². The van der Waals surface area contributed by atoms with Crippen LogP contribution in [-0.2, 0) is 4.79 Å². The van der Waals surface area contributed by atoms with Crippen LogP contribution in [0.4, 0.5) is 0 Å². The first-order chi connectivity index (χ1) is 5.74. The number of carbonyl (C=O) groups is 1. The molecule has 0 fully saturated rings. The van der Waals surface area contributed by atoms with Crippen LogP contribution < -0.4 is 5.73 Å². The maximum Gasteiger partial charge on any atom is 0.248 e. The third kappa shape index (κ3) is 2.22. The average Bonchev–Trinajstić information content (AvgIpc) is 2.06. The second-order valence-electron chi connectivity index (χ2n) is 3.17. The van der Waals surface area contributed by atoms with E-state index in [1.165, 1.54) is 12.8 Å². The van der Waals surface area contributed by atoms with Gasteiger partial charge in [0.1, 0.15) is 0 Å². The van der Waals surface area contributed by atoms with Gasteiger partial charge in [0.25, 0.3) is 0 Å². The monoisotopic (exact) mass is 165 g/mol. The van der Waals surface area contributed by atoms with Gasteiger partial charge in [0.05, 0.1) is 0 Å². The van der Waals surface area contributed by atoms with Gasteiger partial charge in [0, 0.05) is 5.57 Å². The lowest BCUT2D eigenvalue weighted by atomic mass is 9.93. The highest BCUT2D eigenvalue weighted by Gasteiger charge is 2.09. The number of amides is 1. The molecule has 0 saturated carbocycles. The number of allylic oxidation sites excluding steroid dienone is 2. The molecule has 0 aromatic rings. The predicted octanol–water partition coefficient (Wildman–Crippen LogP) is 1.77. The Morgan fingerprint density at radius 3 is 2.92 bits per heavy atom. The van der Waals surface area contributed by atoms with Gasteiger partial charge in [-0.2, -0.15) is 0 Å². The largest absolute Gasteiger partial charge is 0.366 e. The average molecular weight is 165 g/mol. The molecule has 0 spiro atoms. The van der Waals surface area contributed by atoms with Gasteiger partial charge < -0.3 is 5.73 Å². The van der Waals surface area contributed by atoms with Crippen LogP contribution in [0.5, 0.6) is 0 Å². The molecule has 1 aliphatic rings. The van der Waals surface area contributed by atoms with Crippen molar-refractivity contribution in [3.05, 3.63) is 23.8 Å². The first-order valence-corrected chi connectivity index (χ1v) is 4.42. The fraction of sp³-hybridized carbons (Fsp3) is 0.500. The van der Waals surface area contributed by atoms with E-state index >= 15 is 0 Å². The van der Waals surface area contributed by atoms with Crippen LogP contribution in [0.1, 0.15) is 26.2 Å². The Kier molecular flexibility index (Phi) is 3.09. The fourth-order valence-electron chi connectivity index (χ4n) is 1.43. The Morgan fingerprint density at radius 2 is 2.50 bits per heavy atom. The Bertz CT molecular complexity index is 228. The lowest BCUT2D eigenvalue weighted by Gasteiger charge is -2.13. The van der Waals surface area contributed by atoms with E-state index in [0.717, 1.165) is 6.42 Å². The van der Waals surface area contributed by atoms with Crippen LogP contribution in [-0.4, -0.2) is 5.91 Å². The zero-order chi connectivity index (χ0) is 8.97. The molecule has 0 aliphatic heterocycles. The summed E-state index contributed by atoms with van der Waals surface area (Å²) >= 11 is 0. The number of carbonyl (C=O) groups excluding carboxylic acids is 1. The fourth-order valence-corrected chi connectivity index (χ4v) is 1.43. The lowest BCUT2D eigenvalue weighted by molar-refractivity contribution is -0.114. The Hall–Kier alpha value is -1.05. The summed E-state index contributed by atoms with van der Waals surface area (Å²) < 4.78 is 0. The van der Waals surface area contributed by atoms with E-state index in [0.29, 0.717) is 11.5 Å². The molecular formula is C10H15NO. The van der Waals surface area contributed by atoms with Gasteiger partial charge in [0.2, 0.25) is 5.91 Å².